The van der Waals surface area contributed by atoms with E-state index in [1.165, 1.54) is 0 Å². The molecule has 0 aromatic heterocycles. The third-order valence-electron chi connectivity index (χ3n) is 3.37. The van der Waals surface area contributed by atoms with E-state index in [-0.39, 0.29) is 5.78 Å². The van der Waals surface area contributed by atoms with Crippen LogP contribution in [0, 0.1) is 5.92 Å². The number of benzene rings is 2. The summed E-state index contributed by atoms with van der Waals surface area (Å²) in [6.45, 7) is 4.81. The Balaban J connectivity index is 1.88. The molecule has 0 fully saturated rings. The first-order valence-corrected chi connectivity index (χ1v) is 7.45. The Morgan fingerprint density at radius 1 is 1.00 bits per heavy atom. The van der Waals surface area contributed by atoms with Gasteiger partial charge >= 0.3 is 0 Å². The summed E-state index contributed by atoms with van der Waals surface area (Å²) in [5.74, 6) is 1.56. The Kier molecular flexibility index (Phi) is 5.56. The third kappa shape index (κ3) is 5.07. The molecule has 0 unspecified atom stereocenters. The maximum atomic E-state index is 12.0. The molecule has 0 saturated carbocycles. The molecule has 0 aliphatic carbocycles. The molecule has 0 bridgehead atoms. The van der Waals surface area contributed by atoms with Gasteiger partial charge in [-0.25, -0.2) is 0 Å². The second-order valence-electron chi connectivity index (χ2n) is 5.65. The molecule has 2 aromatic rings. The van der Waals surface area contributed by atoms with Crippen LogP contribution in [0.15, 0.2) is 54.6 Å². The molecule has 2 rings (SSSR count). The van der Waals surface area contributed by atoms with E-state index in [9.17, 15) is 4.79 Å². The Morgan fingerprint density at radius 3 is 2.29 bits per heavy atom. The highest BCUT2D eigenvalue weighted by molar-refractivity contribution is 5.96. The van der Waals surface area contributed by atoms with E-state index in [2.05, 4.69) is 13.8 Å². The van der Waals surface area contributed by atoms with Gasteiger partial charge in [-0.2, -0.15) is 0 Å². The number of carbonyl (C=O) groups excluding carboxylic acids is 1. The molecule has 0 aliphatic rings. The summed E-state index contributed by atoms with van der Waals surface area (Å²) in [6.07, 6.45) is 1.55. The zero-order chi connectivity index (χ0) is 15.1. The number of hydrogen-bond acceptors (Lipinski definition) is 2. The molecule has 0 atom stereocenters. The molecule has 0 saturated heterocycles. The van der Waals surface area contributed by atoms with Gasteiger partial charge in [0.1, 0.15) is 12.4 Å². The minimum Gasteiger partial charge on any atom is -0.489 e. The van der Waals surface area contributed by atoms with E-state index in [0.717, 1.165) is 23.3 Å². The first kappa shape index (κ1) is 15.3. The van der Waals surface area contributed by atoms with Crippen LogP contribution in [-0.2, 0) is 6.61 Å². The standard InChI is InChI=1S/C19H22O2/c1-15(2)8-13-19(20)17-9-11-18(12-10-17)21-14-16-6-4-3-5-7-16/h3-7,9-12,15H,8,13-14H2,1-2H3. The fourth-order valence-electron chi connectivity index (χ4n) is 2.04. The monoisotopic (exact) mass is 282 g/mol. The van der Waals surface area contributed by atoms with Crippen LogP contribution in [0.1, 0.15) is 42.6 Å². The Hall–Kier alpha value is -2.09. The van der Waals surface area contributed by atoms with Crippen LogP contribution in [0.5, 0.6) is 5.75 Å². The van der Waals surface area contributed by atoms with E-state index in [0.29, 0.717) is 18.9 Å². The first-order valence-electron chi connectivity index (χ1n) is 7.45. The zero-order valence-electron chi connectivity index (χ0n) is 12.7. The van der Waals surface area contributed by atoms with Gasteiger partial charge in [0.25, 0.3) is 0 Å². The van der Waals surface area contributed by atoms with Gasteiger partial charge in [0.05, 0.1) is 0 Å². The summed E-state index contributed by atoms with van der Waals surface area (Å²) < 4.78 is 5.71. The highest BCUT2D eigenvalue weighted by Crippen LogP contribution is 2.16. The Bertz CT molecular complexity index is 556. The van der Waals surface area contributed by atoms with E-state index in [1.54, 1.807) is 0 Å². The molecule has 2 aromatic carbocycles. The molecule has 110 valence electrons. The highest BCUT2D eigenvalue weighted by Gasteiger charge is 2.07. The highest BCUT2D eigenvalue weighted by atomic mass is 16.5. The Labute approximate surface area is 126 Å². The van der Waals surface area contributed by atoms with Crippen molar-refractivity contribution in [2.45, 2.75) is 33.3 Å². The van der Waals surface area contributed by atoms with E-state index in [1.807, 2.05) is 54.6 Å². The van der Waals surface area contributed by atoms with Gasteiger partial charge < -0.3 is 4.74 Å². The van der Waals surface area contributed by atoms with Gasteiger partial charge in [0, 0.05) is 12.0 Å². The average Bonchev–Trinajstić information content (AvgIpc) is 2.52. The van der Waals surface area contributed by atoms with E-state index >= 15 is 0 Å². The van der Waals surface area contributed by atoms with Gasteiger partial charge in [-0.05, 0) is 42.2 Å². The summed E-state index contributed by atoms with van der Waals surface area (Å²) in [7, 11) is 0. The van der Waals surface area contributed by atoms with Crippen LogP contribution in [0.25, 0.3) is 0 Å². The minimum absolute atomic E-state index is 0.207. The second-order valence-corrected chi connectivity index (χ2v) is 5.65. The summed E-state index contributed by atoms with van der Waals surface area (Å²) in [4.78, 5) is 12.0. The van der Waals surface area contributed by atoms with Crippen LogP contribution in [0.2, 0.25) is 0 Å². The summed E-state index contributed by atoms with van der Waals surface area (Å²) in [5.41, 5.74) is 1.90. The quantitative estimate of drug-likeness (QED) is 0.676. The van der Waals surface area contributed by atoms with Crippen molar-refractivity contribution in [2.75, 3.05) is 0 Å². The number of carbonyl (C=O) groups is 1. The van der Waals surface area contributed by atoms with E-state index < -0.39 is 0 Å². The lowest BCUT2D eigenvalue weighted by Crippen LogP contribution is -2.01. The molecule has 0 aliphatic heterocycles. The topological polar surface area (TPSA) is 26.3 Å². The van der Waals surface area contributed by atoms with Crippen LogP contribution in [-0.4, -0.2) is 5.78 Å². The molecule has 0 N–H and O–H groups in total. The van der Waals surface area contributed by atoms with Crippen LogP contribution < -0.4 is 4.74 Å². The van der Waals surface area contributed by atoms with Gasteiger partial charge in [0.15, 0.2) is 5.78 Å². The van der Waals surface area contributed by atoms with Crippen molar-refractivity contribution in [1.29, 1.82) is 0 Å². The van der Waals surface area contributed by atoms with Crippen molar-refractivity contribution in [3.63, 3.8) is 0 Å². The minimum atomic E-state index is 0.207. The van der Waals surface area contributed by atoms with Gasteiger partial charge in [-0.15, -0.1) is 0 Å². The van der Waals surface area contributed by atoms with Gasteiger partial charge in [-0.3, -0.25) is 4.79 Å². The maximum Gasteiger partial charge on any atom is 0.162 e. The summed E-state index contributed by atoms with van der Waals surface area (Å²) in [5, 5.41) is 0. The van der Waals surface area contributed by atoms with Crippen molar-refractivity contribution in [1.82, 2.24) is 0 Å². The number of rotatable bonds is 7. The largest absolute Gasteiger partial charge is 0.489 e. The number of ketones is 1. The van der Waals surface area contributed by atoms with E-state index in [4.69, 9.17) is 4.74 Å². The Morgan fingerprint density at radius 2 is 1.67 bits per heavy atom. The van der Waals surface area contributed by atoms with Crippen molar-refractivity contribution in [2.24, 2.45) is 5.92 Å². The molecule has 0 spiro atoms. The molecule has 0 radical (unpaired) electrons. The van der Waals surface area contributed by atoms with Crippen molar-refractivity contribution >= 4 is 5.78 Å². The fourth-order valence-corrected chi connectivity index (χ4v) is 2.04. The lowest BCUT2D eigenvalue weighted by atomic mass is 10.0. The predicted octanol–water partition coefficient (Wildman–Crippen LogP) is 4.88. The first-order chi connectivity index (χ1) is 10.1. The molecular formula is C19H22O2. The van der Waals surface area contributed by atoms with Crippen LogP contribution in [0.3, 0.4) is 0 Å². The summed E-state index contributed by atoms with van der Waals surface area (Å²) in [6, 6.07) is 17.5. The lowest BCUT2D eigenvalue weighted by molar-refractivity contribution is 0.0975. The van der Waals surface area contributed by atoms with Gasteiger partial charge in [0.2, 0.25) is 0 Å². The van der Waals surface area contributed by atoms with Crippen molar-refractivity contribution in [3.8, 4) is 5.75 Å². The number of ether oxygens (including phenoxy) is 1. The van der Waals surface area contributed by atoms with Crippen LogP contribution >= 0.6 is 0 Å². The maximum absolute atomic E-state index is 12.0. The number of Topliss-reactive ketones (excluding diaryl/α,β-unsaturated/α-hetero) is 1. The average molecular weight is 282 g/mol. The van der Waals surface area contributed by atoms with Crippen molar-refractivity contribution in [3.05, 3.63) is 65.7 Å². The van der Waals surface area contributed by atoms with Gasteiger partial charge in [-0.1, -0.05) is 44.2 Å². The SMILES string of the molecule is CC(C)CCC(=O)c1ccc(OCc2ccccc2)cc1. The predicted molar refractivity (Wildman–Crippen MR) is 85.6 cm³/mol. The smallest absolute Gasteiger partial charge is 0.162 e. The zero-order valence-corrected chi connectivity index (χ0v) is 12.7. The fraction of sp³-hybridized carbons (Fsp3) is 0.316. The lowest BCUT2D eigenvalue weighted by Gasteiger charge is -2.08. The second kappa shape index (κ2) is 7.63. The third-order valence-corrected chi connectivity index (χ3v) is 3.37. The van der Waals surface area contributed by atoms with Crippen molar-refractivity contribution < 1.29 is 9.53 Å². The molecule has 21 heavy (non-hydrogen) atoms. The normalized spacial score (nSPS) is 10.6. The van der Waals surface area contributed by atoms with Crippen LogP contribution in [0.4, 0.5) is 0 Å². The molecule has 2 nitrogen and oxygen atoms in total. The number of hydrogen-bond donors (Lipinski definition) is 0. The molecule has 2 heteroatoms. The molecule has 0 heterocycles. The molecular weight excluding hydrogens is 260 g/mol. The molecule has 0 amide bonds. The summed E-state index contributed by atoms with van der Waals surface area (Å²) >= 11 is 0.